The van der Waals surface area contributed by atoms with Crippen molar-refractivity contribution in [2.24, 2.45) is 16.6 Å². The molecule has 2 aromatic carbocycles. The zero-order valence-corrected chi connectivity index (χ0v) is 21.1. The third kappa shape index (κ3) is 4.79. The number of rotatable bonds is 5. The van der Waals surface area contributed by atoms with E-state index >= 15 is 0 Å². The van der Waals surface area contributed by atoms with Gasteiger partial charge in [0.15, 0.2) is 0 Å². The number of benzene rings is 2. The van der Waals surface area contributed by atoms with Crippen LogP contribution < -0.4 is 21.3 Å². The second-order valence-electron chi connectivity index (χ2n) is 10.2. The molecule has 3 aliphatic rings. The van der Waals surface area contributed by atoms with Crippen molar-refractivity contribution < 1.29 is 18.0 Å². The number of nitrogens with two attached hydrogens (primary N) is 1. The summed E-state index contributed by atoms with van der Waals surface area (Å²) in [6, 6.07) is 11.5. The monoisotopic (exact) mass is 511 g/mol. The summed E-state index contributed by atoms with van der Waals surface area (Å²) in [5, 5.41) is 6.34. The molecule has 0 aliphatic carbocycles. The average Bonchev–Trinajstić information content (AvgIpc) is 3.00. The Morgan fingerprint density at radius 1 is 1.16 bits per heavy atom. The molecule has 0 saturated carbocycles. The topological polar surface area (TPSA) is 82.8 Å². The van der Waals surface area contributed by atoms with Crippen LogP contribution >= 0.6 is 0 Å². The Hall–Kier alpha value is -3.49. The molecule has 3 heterocycles. The van der Waals surface area contributed by atoms with E-state index in [0.29, 0.717) is 43.0 Å². The van der Waals surface area contributed by atoms with Gasteiger partial charge in [-0.2, -0.15) is 13.2 Å². The van der Waals surface area contributed by atoms with Gasteiger partial charge < -0.3 is 21.3 Å². The highest BCUT2D eigenvalue weighted by molar-refractivity contribution is 6.24. The molecule has 9 heteroatoms. The second-order valence-corrected chi connectivity index (χ2v) is 10.2. The van der Waals surface area contributed by atoms with Crippen LogP contribution in [0.5, 0.6) is 0 Å². The van der Waals surface area contributed by atoms with Gasteiger partial charge in [0, 0.05) is 56.1 Å². The molecule has 2 saturated heterocycles. The summed E-state index contributed by atoms with van der Waals surface area (Å²) in [7, 11) is 1.90. The molecule has 2 aromatic rings. The van der Waals surface area contributed by atoms with Crippen molar-refractivity contribution in [3.05, 3.63) is 70.4 Å². The Balaban J connectivity index is 1.31. The van der Waals surface area contributed by atoms with Gasteiger partial charge in [0.25, 0.3) is 5.91 Å². The van der Waals surface area contributed by atoms with E-state index in [-0.39, 0.29) is 11.8 Å². The zero-order chi connectivity index (χ0) is 26.4. The Kier molecular flexibility index (Phi) is 6.41. The number of allylic oxidation sites excluding steroid dienone is 1. The van der Waals surface area contributed by atoms with Crippen molar-refractivity contribution in [2.75, 3.05) is 36.9 Å². The summed E-state index contributed by atoms with van der Waals surface area (Å²) >= 11 is 0. The molecule has 1 amide bonds. The van der Waals surface area contributed by atoms with Crippen molar-refractivity contribution >= 4 is 23.0 Å². The molecule has 5 rings (SSSR count). The third-order valence-electron chi connectivity index (χ3n) is 7.80. The fraction of sp³-hybridized carbons (Fsp3) is 0.429. The fourth-order valence-corrected chi connectivity index (χ4v) is 5.74. The number of fused-ring (bicyclic) bond motifs is 1. The van der Waals surface area contributed by atoms with Crippen molar-refractivity contribution in [1.29, 1.82) is 0 Å². The van der Waals surface area contributed by atoms with E-state index in [9.17, 15) is 18.0 Å². The van der Waals surface area contributed by atoms with Crippen LogP contribution in [0.15, 0.2) is 58.7 Å². The lowest BCUT2D eigenvalue weighted by molar-refractivity contribution is -0.137. The van der Waals surface area contributed by atoms with Crippen molar-refractivity contribution in [3.8, 4) is 0 Å². The minimum Gasteiger partial charge on any atom is -0.401 e. The number of nitrogens with zero attached hydrogens (tertiary/aromatic N) is 2. The lowest BCUT2D eigenvalue weighted by Gasteiger charge is -2.53. The van der Waals surface area contributed by atoms with Crippen LogP contribution in [0.2, 0.25) is 0 Å². The van der Waals surface area contributed by atoms with Gasteiger partial charge in [0.1, 0.15) is 0 Å². The number of piperidine rings is 1. The molecule has 0 aromatic heterocycles. The van der Waals surface area contributed by atoms with E-state index in [1.54, 1.807) is 0 Å². The summed E-state index contributed by atoms with van der Waals surface area (Å²) in [6.07, 6.45) is -1.36. The van der Waals surface area contributed by atoms with Crippen LogP contribution in [-0.2, 0) is 23.8 Å². The van der Waals surface area contributed by atoms with Crippen LogP contribution in [0.4, 0.5) is 24.5 Å². The van der Waals surface area contributed by atoms with Gasteiger partial charge in [-0.3, -0.25) is 9.79 Å². The maximum atomic E-state index is 13.3. The number of anilines is 2. The van der Waals surface area contributed by atoms with Gasteiger partial charge in [0.05, 0.1) is 22.4 Å². The molecule has 1 unspecified atom stereocenters. The molecule has 0 bridgehead atoms. The highest BCUT2D eigenvalue weighted by Gasteiger charge is 2.50. The van der Waals surface area contributed by atoms with Crippen LogP contribution in [0, 0.1) is 5.92 Å². The van der Waals surface area contributed by atoms with Crippen LogP contribution in [0.25, 0.3) is 0 Å². The SMILES string of the molecule is CCc1cc(NC)ccc1CC1CCN=C2CC3(CN(c4ccc(C(F)(F)F)cc4)C3)NC(=O)C2=C1N. The van der Waals surface area contributed by atoms with Crippen LogP contribution in [0.1, 0.15) is 36.5 Å². The Labute approximate surface area is 214 Å². The summed E-state index contributed by atoms with van der Waals surface area (Å²) < 4.78 is 38.7. The Morgan fingerprint density at radius 3 is 2.54 bits per heavy atom. The molecule has 196 valence electrons. The molecule has 2 fully saturated rings. The maximum Gasteiger partial charge on any atom is 0.416 e. The first kappa shape index (κ1) is 25.2. The number of halogens is 3. The van der Waals surface area contributed by atoms with Crippen molar-refractivity contribution in [3.63, 3.8) is 0 Å². The Morgan fingerprint density at radius 2 is 1.89 bits per heavy atom. The largest absolute Gasteiger partial charge is 0.416 e. The zero-order valence-electron chi connectivity index (χ0n) is 21.1. The first-order valence-electron chi connectivity index (χ1n) is 12.7. The first-order chi connectivity index (χ1) is 17.6. The number of alkyl halides is 3. The summed E-state index contributed by atoms with van der Waals surface area (Å²) in [5.74, 6) is -0.186. The highest BCUT2D eigenvalue weighted by atomic mass is 19.4. The second kappa shape index (κ2) is 9.43. The minimum absolute atomic E-state index is 0.0202. The van der Waals surface area contributed by atoms with Crippen molar-refractivity contribution in [1.82, 2.24) is 5.32 Å². The van der Waals surface area contributed by atoms with E-state index < -0.39 is 17.3 Å². The van der Waals surface area contributed by atoms with Gasteiger partial charge in [0.2, 0.25) is 0 Å². The molecular formula is C28H32F3N5O. The van der Waals surface area contributed by atoms with E-state index in [1.165, 1.54) is 23.3 Å². The normalized spacial score (nSPS) is 21.1. The highest BCUT2D eigenvalue weighted by Crippen LogP contribution is 2.38. The van der Waals surface area contributed by atoms with Crippen LogP contribution in [-0.4, -0.2) is 43.8 Å². The standard InChI is InChI=1S/C28H32F3N5O/c1-3-17-13-21(33-2)7-4-18(17)12-19-10-11-34-23-14-27(35-26(37)24(23)25(19)32)15-36(16-27)22-8-5-20(6-9-22)28(29,30)31/h4-9,13,19,33H,3,10-12,14-16,32H2,1-2H3,(H,35,37). The number of carbonyl (C=O) groups is 1. The number of hydrogen-bond donors (Lipinski definition) is 3. The quantitative estimate of drug-likeness (QED) is 0.559. The van der Waals surface area contributed by atoms with E-state index in [2.05, 4.69) is 35.8 Å². The van der Waals surface area contributed by atoms with E-state index in [4.69, 9.17) is 10.7 Å². The molecule has 0 radical (unpaired) electrons. The summed E-state index contributed by atoms with van der Waals surface area (Å²) in [5.41, 5.74) is 11.6. The molecule has 1 spiro atoms. The number of aryl methyl sites for hydroxylation is 1. The maximum absolute atomic E-state index is 13.3. The van der Waals surface area contributed by atoms with Crippen molar-refractivity contribution in [2.45, 2.75) is 44.3 Å². The smallest absolute Gasteiger partial charge is 0.401 e. The summed E-state index contributed by atoms with van der Waals surface area (Å²) in [6.45, 7) is 3.76. The Bertz CT molecular complexity index is 1260. The molecule has 4 N–H and O–H groups in total. The minimum atomic E-state index is -4.36. The van der Waals surface area contributed by atoms with Gasteiger partial charge in [-0.05, 0) is 66.8 Å². The molecule has 3 aliphatic heterocycles. The van der Waals surface area contributed by atoms with E-state index in [1.807, 2.05) is 11.9 Å². The number of nitrogens with one attached hydrogen (secondary N) is 2. The number of aliphatic imine (C=N–C) groups is 1. The third-order valence-corrected chi connectivity index (χ3v) is 7.80. The van der Waals surface area contributed by atoms with Gasteiger partial charge >= 0.3 is 6.18 Å². The lowest BCUT2D eigenvalue weighted by Crippen LogP contribution is -2.73. The van der Waals surface area contributed by atoms with Crippen LogP contribution in [0.3, 0.4) is 0 Å². The molecule has 37 heavy (non-hydrogen) atoms. The van der Waals surface area contributed by atoms with Gasteiger partial charge in [-0.25, -0.2) is 0 Å². The number of carbonyl (C=O) groups excluding carboxylic acids is 1. The predicted octanol–water partition coefficient (Wildman–Crippen LogP) is 4.30. The predicted molar refractivity (Wildman–Crippen MR) is 140 cm³/mol. The van der Waals surface area contributed by atoms with Gasteiger partial charge in [-0.15, -0.1) is 0 Å². The van der Waals surface area contributed by atoms with Gasteiger partial charge in [-0.1, -0.05) is 13.0 Å². The lowest BCUT2D eigenvalue weighted by atomic mass is 9.77. The number of amides is 1. The average molecular weight is 512 g/mol. The molecular weight excluding hydrogens is 479 g/mol. The summed E-state index contributed by atoms with van der Waals surface area (Å²) in [4.78, 5) is 20.1. The molecule has 1 atom stereocenters. The van der Waals surface area contributed by atoms with E-state index in [0.717, 1.165) is 42.8 Å². The molecule has 6 nitrogen and oxygen atoms in total. The first-order valence-corrected chi connectivity index (χ1v) is 12.7. The number of hydrogen-bond acceptors (Lipinski definition) is 5. The fourth-order valence-electron chi connectivity index (χ4n) is 5.74.